The van der Waals surface area contributed by atoms with Gasteiger partial charge in [0.15, 0.2) is 0 Å². The van der Waals surface area contributed by atoms with Crippen molar-refractivity contribution in [2.45, 2.75) is 6.92 Å². The number of aromatic hydroxyl groups is 1. The predicted octanol–water partition coefficient (Wildman–Crippen LogP) is 4.25. The Morgan fingerprint density at radius 2 is 1.55 bits per heavy atom. The van der Waals surface area contributed by atoms with Gasteiger partial charge in [-0.15, -0.1) is 0 Å². The summed E-state index contributed by atoms with van der Waals surface area (Å²) in [5.41, 5.74) is 2.49. The van der Waals surface area contributed by atoms with Crippen LogP contribution in [0.15, 0.2) is 60.7 Å². The second-order valence-electron chi connectivity index (χ2n) is 4.73. The van der Waals surface area contributed by atoms with Crippen molar-refractivity contribution in [2.75, 3.05) is 0 Å². The van der Waals surface area contributed by atoms with Crippen molar-refractivity contribution < 1.29 is 5.11 Å². The van der Waals surface area contributed by atoms with Gasteiger partial charge in [-0.05, 0) is 41.5 Å². The molecule has 1 nitrogen and oxygen atoms in total. The maximum atomic E-state index is 10.3. The van der Waals surface area contributed by atoms with Crippen LogP contribution in [-0.2, 0) is 0 Å². The molecule has 96 valence electrons. The van der Waals surface area contributed by atoms with Crippen molar-refractivity contribution in [1.82, 2.24) is 0 Å². The minimum atomic E-state index is 0.270. The Morgan fingerprint density at radius 1 is 0.850 bits per heavy atom. The van der Waals surface area contributed by atoms with E-state index in [0.717, 1.165) is 21.9 Å². The van der Waals surface area contributed by atoms with Crippen molar-refractivity contribution in [2.24, 2.45) is 0 Å². The molecule has 0 unspecified atom stereocenters. The molecule has 0 radical (unpaired) electrons. The lowest BCUT2D eigenvalue weighted by atomic mass is 10.0. The molecule has 3 aromatic carbocycles. The number of phenols is 1. The molecular weight excluding hydrogens is 244 g/mol. The fraction of sp³-hybridized carbons (Fsp3) is 0.0526. The average Bonchev–Trinajstić information content (AvgIpc) is 2.50. The maximum Gasteiger partial charge on any atom is 0.134 e. The van der Waals surface area contributed by atoms with Gasteiger partial charge in [0.1, 0.15) is 5.75 Å². The third kappa shape index (κ3) is 2.24. The fourth-order valence-electron chi connectivity index (χ4n) is 2.27. The van der Waals surface area contributed by atoms with Crippen LogP contribution in [0.1, 0.15) is 16.7 Å². The first-order valence-electron chi connectivity index (χ1n) is 6.54. The van der Waals surface area contributed by atoms with Crippen LogP contribution in [0, 0.1) is 18.8 Å². The molecule has 0 heterocycles. The number of aryl methyl sites for hydroxylation is 1. The van der Waals surface area contributed by atoms with Gasteiger partial charge < -0.3 is 5.11 Å². The molecule has 0 atom stereocenters. The highest BCUT2D eigenvalue weighted by Crippen LogP contribution is 2.29. The zero-order chi connectivity index (χ0) is 13.9. The minimum Gasteiger partial charge on any atom is -0.506 e. The molecule has 1 heteroatoms. The van der Waals surface area contributed by atoms with Crippen LogP contribution in [0.4, 0.5) is 0 Å². The second-order valence-corrected chi connectivity index (χ2v) is 4.73. The van der Waals surface area contributed by atoms with Crippen LogP contribution in [0.25, 0.3) is 10.8 Å². The normalized spacial score (nSPS) is 10.1. The Morgan fingerprint density at radius 3 is 2.35 bits per heavy atom. The van der Waals surface area contributed by atoms with E-state index in [0.29, 0.717) is 5.56 Å². The molecule has 3 aromatic rings. The number of hydrogen-bond donors (Lipinski definition) is 1. The molecule has 0 spiro atoms. The molecule has 0 aliphatic carbocycles. The quantitative estimate of drug-likeness (QED) is 0.597. The van der Waals surface area contributed by atoms with E-state index in [4.69, 9.17) is 0 Å². The summed E-state index contributed by atoms with van der Waals surface area (Å²) in [6.07, 6.45) is 0. The molecule has 1 N–H and O–H groups in total. The van der Waals surface area contributed by atoms with Gasteiger partial charge in [-0.2, -0.15) is 0 Å². The minimum absolute atomic E-state index is 0.270. The lowest BCUT2D eigenvalue weighted by molar-refractivity contribution is 0.470. The van der Waals surface area contributed by atoms with Crippen molar-refractivity contribution in [3.05, 3.63) is 77.4 Å². The fourth-order valence-corrected chi connectivity index (χ4v) is 2.27. The van der Waals surface area contributed by atoms with Gasteiger partial charge in [-0.3, -0.25) is 0 Å². The van der Waals surface area contributed by atoms with Gasteiger partial charge in [-0.25, -0.2) is 0 Å². The van der Waals surface area contributed by atoms with E-state index < -0.39 is 0 Å². The Hall–Kier alpha value is -2.72. The number of phenolic OH excluding ortho intramolecular Hbond substituents is 1. The molecular formula is C19H14O. The van der Waals surface area contributed by atoms with Crippen molar-refractivity contribution in [1.29, 1.82) is 0 Å². The standard InChI is InChI=1S/C19H14O/c1-14-18-10-6-5-9-16(18)13-17(19(14)20)12-11-15-7-3-2-4-8-15/h2-10,13,20H,1H3. The third-order valence-electron chi connectivity index (χ3n) is 3.39. The van der Waals surface area contributed by atoms with E-state index in [9.17, 15) is 5.11 Å². The van der Waals surface area contributed by atoms with E-state index in [2.05, 4.69) is 11.8 Å². The molecule has 3 rings (SSSR count). The van der Waals surface area contributed by atoms with Gasteiger partial charge >= 0.3 is 0 Å². The van der Waals surface area contributed by atoms with E-state index in [-0.39, 0.29) is 5.75 Å². The highest BCUT2D eigenvalue weighted by atomic mass is 16.3. The van der Waals surface area contributed by atoms with Crippen LogP contribution in [0.5, 0.6) is 5.75 Å². The molecule has 0 saturated carbocycles. The summed E-state index contributed by atoms with van der Waals surface area (Å²) in [4.78, 5) is 0. The monoisotopic (exact) mass is 258 g/mol. The SMILES string of the molecule is Cc1c(O)c(C#Cc2ccccc2)cc2ccccc12. The first-order valence-corrected chi connectivity index (χ1v) is 6.54. The van der Waals surface area contributed by atoms with Crippen LogP contribution >= 0.6 is 0 Å². The van der Waals surface area contributed by atoms with Crippen LogP contribution in [0.3, 0.4) is 0 Å². The number of benzene rings is 3. The topological polar surface area (TPSA) is 20.2 Å². The summed E-state index contributed by atoms with van der Waals surface area (Å²) < 4.78 is 0. The van der Waals surface area contributed by atoms with E-state index >= 15 is 0 Å². The Bertz CT molecular complexity index is 821. The van der Waals surface area contributed by atoms with Gasteiger partial charge in [0, 0.05) is 5.56 Å². The molecule has 0 bridgehead atoms. The molecule has 0 aliphatic heterocycles. The molecule has 20 heavy (non-hydrogen) atoms. The Labute approximate surface area is 118 Å². The predicted molar refractivity (Wildman–Crippen MR) is 82.8 cm³/mol. The summed E-state index contributed by atoms with van der Waals surface area (Å²) >= 11 is 0. The van der Waals surface area contributed by atoms with Gasteiger partial charge in [0.25, 0.3) is 0 Å². The van der Waals surface area contributed by atoms with Gasteiger partial charge in [-0.1, -0.05) is 54.3 Å². The van der Waals surface area contributed by atoms with Crippen LogP contribution in [0.2, 0.25) is 0 Å². The second kappa shape index (κ2) is 5.11. The van der Waals surface area contributed by atoms with Crippen molar-refractivity contribution in [3.63, 3.8) is 0 Å². The summed E-state index contributed by atoms with van der Waals surface area (Å²) in [5.74, 6) is 6.42. The molecule has 0 amide bonds. The molecule has 0 fully saturated rings. The van der Waals surface area contributed by atoms with Crippen molar-refractivity contribution >= 4 is 10.8 Å². The molecule has 0 saturated heterocycles. The van der Waals surface area contributed by atoms with Crippen LogP contribution < -0.4 is 0 Å². The van der Waals surface area contributed by atoms with E-state index in [1.807, 2.05) is 67.6 Å². The maximum absolute atomic E-state index is 10.3. The van der Waals surface area contributed by atoms with Crippen molar-refractivity contribution in [3.8, 4) is 17.6 Å². The number of fused-ring (bicyclic) bond motifs is 1. The Kier molecular flexibility index (Phi) is 3.15. The smallest absolute Gasteiger partial charge is 0.134 e. The summed E-state index contributed by atoms with van der Waals surface area (Å²) in [6, 6.07) is 19.7. The molecule has 0 aliphatic rings. The third-order valence-corrected chi connectivity index (χ3v) is 3.39. The summed E-state index contributed by atoms with van der Waals surface area (Å²) in [7, 11) is 0. The molecule has 0 aromatic heterocycles. The Balaban J connectivity index is 2.13. The van der Waals surface area contributed by atoms with Crippen LogP contribution in [-0.4, -0.2) is 5.11 Å². The zero-order valence-electron chi connectivity index (χ0n) is 11.2. The lowest BCUT2D eigenvalue weighted by Crippen LogP contribution is -1.85. The number of rotatable bonds is 0. The largest absolute Gasteiger partial charge is 0.506 e. The highest BCUT2D eigenvalue weighted by Gasteiger charge is 2.07. The van der Waals surface area contributed by atoms with E-state index in [1.54, 1.807) is 0 Å². The van der Waals surface area contributed by atoms with Gasteiger partial charge in [0.05, 0.1) is 5.56 Å². The summed E-state index contributed by atoms with van der Waals surface area (Å²) in [6.45, 7) is 1.92. The summed E-state index contributed by atoms with van der Waals surface area (Å²) in [5, 5.41) is 12.4. The zero-order valence-corrected chi connectivity index (χ0v) is 11.2. The number of hydrogen-bond acceptors (Lipinski definition) is 1. The van der Waals surface area contributed by atoms with E-state index in [1.165, 1.54) is 0 Å². The lowest BCUT2D eigenvalue weighted by Gasteiger charge is -2.06. The van der Waals surface area contributed by atoms with Gasteiger partial charge in [0.2, 0.25) is 0 Å². The first kappa shape index (κ1) is 12.3. The highest BCUT2D eigenvalue weighted by molar-refractivity contribution is 5.89. The first-order chi connectivity index (χ1) is 9.75. The average molecular weight is 258 g/mol.